The van der Waals surface area contributed by atoms with Gasteiger partial charge in [0, 0.05) is 18.5 Å². The number of aromatic nitrogens is 3. The van der Waals surface area contributed by atoms with Crippen LogP contribution in [0.2, 0.25) is 0 Å². The number of nitrogens with two attached hydrogens (primary N) is 1. The zero-order chi connectivity index (χ0) is 34.3. The van der Waals surface area contributed by atoms with Crippen LogP contribution in [0.1, 0.15) is 16.1 Å². The number of pyridine rings is 1. The number of carbonyl (C=O) groups is 2. The maximum atomic E-state index is 14.2. The van der Waals surface area contributed by atoms with Crippen molar-refractivity contribution >= 4 is 50.5 Å². The summed E-state index contributed by atoms with van der Waals surface area (Å²) in [7, 11) is -4.58. The molecule has 3 heterocycles. The number of carbonyl (C=O) groups excluding carboxylic acids is 2. The summed E-state index contributed by atoms with van der Waals surface area (Å²) in [6.07, 6.45) is -5.68. The van der Waals surface area contributed by atoms with Gasteiger partial charge in [-0.3, -0.25) is 9.97 Å². The number of oxazole rings is 1. The summed E-state index contributed by atoms with van der Waals surface area (Å²) >= 11 is 1.21. The molecule has 3 aromatic heterocycles. The standard InChI is InChI=1S/C30H27F3N6O7S2/c31-30(32,33)27(40)45-26(24(12-19-6-2-1-3-7-19)38-29(41)44-17-21-14-35-18-47-21)16-39(15-20-8-4-5-11-36-20)48(42,43)22-9-10-23-25(13-22)46-28(34)37-23/h1-11,13-14,18,24,26H,12,15-17H2,(H2,34,37)(H,38,41). The van der Waals surface area contributed by atoms with Crippen LogP contribution in [0.3, 0.4) is 0 Å². The highest BCUT2D eigenvalue weighted by Gasteiger charge is 2.45. The van der Waals surface area contributed by atoms with Gasteiger partial charge in [-0.2, -0.15) is 22.5 Å². The van der Waals surface area contributed by atoms with Gasteiger partial charge in [0.05, 0.1) is 40.1 Å². The number of thiazole rings is 1. The predicted octanol–water partition coefficient (Wildman–Crippen LogP) is 4.46. The van der Waals surface area contributed by atoms with Crippen LogP contribution in [-0.4, -0.2) is 64.6 Å². The number of anilines is 1. The van der Waals surface area contributed by atoms with E-state index in [0.717, 1.165) is 10.4 Å². The number of rotatable bonds is 13. The van der Waals surface area contributed by atoms with Crippen molar-refractivity contribution in [3.63, 3.8) is 0 Å². The van der Waals surface area contributed by atoms with Gasteiger partial charge in [-0.15, -0.1) is 11.3 Å². The fraction of sp³-hybridized carbons (Fsp3) is 0.233. The Labute approximate surface area is 275 Å². The van der Waals surface area contributed by atoms with Gasteiger partial charge in [0.25, 0.3) is 6.01 Å². The minimum atomic E-state index is -5.44. The minimum absolute atomic E-state index is 0.0405. The number of fused-ring (bicyclic) bond motifs is 1. The first-order valence-corrected chi connectivity index (χ1v) is 16.4. The smallest absolute Gasteiger partial charge is 0.452 e. The molecule has 0 saturated carbocycles. The molecule has 0 fully saturated rings. The summed E-state index contributed by atoms with van der Waals surface area (Å²) in [6.45, 7) is -1.49. The average Bonchev–Trinajstić information content (AvgIpc) is 3.71. The molecule has 18 heteroatoms. The van der Waals surface area contributed by atoms with Crippen molar-refractivity contribution in [2.75, 3.05) is 12.3 Å². The van der Waals surface area contributed by atoms with Crippen LogP contribution < -0.4 is 11.1 Å². The van der Waals surface area contributed by atoms with Gasteiger partial charge < -0.3 is 24.9 Å². The van der Waals surface area contributed by atoms with Gasteiger partial charge in [0.1, 0.15) is 18.2 Å². The monoisotopic (exact) mass is 704 g/mol. The molecule has 0 radical (unpaired) electrons. The summed E-state index contributed by atoms with van der Waals surface area (Å²) in [5.74, 6) is -2.58. The Hall–Kier alpha value is -5.07. The fourth-order valence-electron chi connectivity index (χ4n) is 4.59. The van der Waals surface area contributed by atoms with E-state index in [1.165, 1.54) is 47.4 Å². The number of halogens is 3. The third-order valence-corrected chi connectivity index (χ3v) is 9.39. The number of hydrogen-bond acceptors (Lipinski definition) is 12. The topological polar surface area (TPSA) is 180 Å². The third-order valence-electron chi connectivity index (χ3n) is 6.83. The van der Waals surface area contributed by atoms with Crippen molar-refractivity contribution in [1.82, 2.24) is 24.6 Å². The molecular formula is C30H27F3N6O7S2. The number of amides is 1. The molecule has 0 saturated heterocycles. The minimum Gasteiger partial charge on any atom is -0.452 e. The van der Waals surface area contributed by atoms with Gasteiger partial charge in [-0.05, 0) is 36.2 Å². The zero-order valence-corrected chi connectivity index (χ0v) is 26.4. The first-order chi connectivity index (χ1) is 22.9. The lowest BCUT2D eigenvalue weighted by Crippen LogP contribution is -2.53. The van der Waals surface area contributed by atoms with Crippen molar-refractivity contribution in [2.45, 2.75) is 42.8 Å². The van der Waals surface area contributed by atoms with Gasteiger partial charge in [0.2, 0.25) is 10.0 Å². The second kappa shape index (κ2) is 14.8. The van der Waals surface area contributed by atoms with Crippen LogP contribution in [0.4, 0.5) is 24.0 Å². The molecule has 2 atom stereocenters. The Balaban J connectivity index is 1.53. The number of ether oxygens (including phenoxy) is 2. The Morgan fingerprint density at radius 2 is 1.85 bits per heavy atom. The van der Waals surface area contributed by atoms with E-state index in [-0.39, 0.29) is 40.7 Å². The van der Waals surface area contributed by atoms with Crippen molar-refractivity contribution < 1.29 is 45.1 Å². The first-order valence-electron chi connectivity index (χ1n) is 14.1. The quantitative estimate of drug-likeness (QED) is 0.165. The van der Waals surface area contributed by atoms with Crippen molar-refractivity contribution in [3.8, 4) is 0 Å². The molecule has 3 N–H and O–H groups in total. The van der Waals surface area contributed by atoms with E-state index in [0.29, 0.717) is 10.4 Å². The van der Waals surface area contributed by atoms with Crippen LogP contribution in [0.25, 0.3) is 11.1 Å². The molecule has 0 bridgehead atoms. The van der Waals surface area contributed by atoms with Crippen molar-refractivity contribution in [2.24, 2.45) is 0 Å². The number of nitrogens with zero attached hydrogens (tertiary/aromatic N) is 4. The SMILES string of the molecule is Nc1nc2ccc(S(=O)(=O)N(Cc3ccccn3)CC(OC(=O)C(F)(F)F)C(Cc3ccccc3)NC(=O)OCc3cncs3)cc2o1. The first kappa shape index (κ1) is 34.3. The predicted molar refractivity (Wildman–Crippen MR) is 166 cm³/mol. The van der Waals surface area contributed by atoms with E-state index in [4.69, 9.17) is 19.6 Å². The maximum Gasteiger partial charge on any atom is 0.490 e. The Morgan fingerprint density at radius 1 is 1.08 bits per heavy atom. The van der Waals surface area contributed by atoms with Crippen molar-refractivity contribution in [3.05, 3.63) is 101 Å². The zero-order valence-electron chi connectivity index (χ0n) is 24.7. The van der Waals surface area contributed by atoms with Crippen molar-refractivity contribution in [1.29, 1.82) is 0 Å². The van der Waals surface area contributed by atoms with E-state index in [1.807, 2.05) is 0 Å². The summed E-state index contributed by atoms with van der Waals surface area (Å²) < 4.78 is 85.5. The number of nitrogen functional groups attached to an aromatic ring is 1. The molecule has 2 unspecified atom stereocenters. The summed E-state index contributed by atoms with van der Waals surface area (Å²) in [5.41, 5.74) is 8.20. The second-order valence-corrected chi connectivity index (χ2v) is 13.1. The van der Waals surface area contributed by atoms with Gasteiger partial charge >= 0.3 is 18.2 Å². The average molecular weight is 705 g/mol. The lowest BCUT2D eigenvalue weighted by Gasteiger charge is -2.32. The molecule has 252 valence electrons. The summed E-state index contributed by atoms with van der Waals surface area (Å²) in [6, 6.07) is 15.1. The molecule has 5 aromatic rings. The molecule has 0 spiro atoms. The fourth-order valence-corrected chi connectivity index (χ4v) is 6.54. The molecule has 5 rings (SSSR count). The highest BCUT2D eigenvalue weighted by Crippen LogP contribution is 2.27. The number of nitrogens with one attached hydrogen (secondary N) is 1. The lowest BCUT2D eigenvalue weighted by molar-refractivity contribution is -0.206. The molecule has 0 aliphatic heterocycles. The molecule has 1 amide bonds. The van der Waals surface area contributed by atoms with Crippen LogP contribution in [0.5, 0.6) is 0 Å². The Bertz CT molecular complexity index is 1940. The maximum absolute atomic E-state index is 14.2. The van der Waals surface area contributed by atoms with E-state index in [2.05, 4.69) is 20.3 Å². The Morgan fingerprint density at radius 3 is 2.54 bits per heavy atom. The molecule has 0 aliphatic carbocycles. The van der Waals surface area contributed by atoms with Gasteiger partial charge in [-0.1, -0.05) is 36.4 Å². The van der Waals surface area contributed by atoms with E-state index in [1.54, 1.807) is 42.5 Å². The van der Waals surface area contributed by atoms with Crippen LogP contribution >= 0.6 is 11.3 Å². The van der Waals surface area contributed by atoms with Crippen LogP contribution in [-0.2, 0) is 43.9 Å². The Kier molecular flexibility index (Phi) is 10.6. The molecular weight excluding hydrogens is 677 g/mol. The summed E-state index contributed by atoms with van der Waals surface area (Å²) in [5, 5.41) is 2.48. The number of alkyl carbamates (subject to hydrolysis) is 1. The highest BCUT2D eigenvalue weighted by molar-refractivity contribution is 7.89. The number of esters is 1. The second-order valence-electron chi connectivity index (χ2n) is 10.2. The van der Waals surface area contributed by atoms with Crippen LogP contribution in [0, 0.1) is 0 Å². The van der Waals surface area contributed by atoms with Gasteiger partial charge in [0.15, 0.2) is 5.58 Å². The number of sulfonamides is 1. The van der Waals surface area contributed by atoms with E-state index < -0.39 is 53.5 Å². The molecule has 48 heavy (non-hydrogen) atoms. The van der Waals surface area contributed by atoms with Gasteiger partial charge in [-0.25, -0.2) is 18.0 Å². The largest absolute Gasteiger partial charge is 0.490 e. The number of hydrogen-bond donors (Lipinski definition) is 2. The molecule has 13 nitrogen and oxygen atoms in total. The molecule has 0 aliphatic rings. The normalized spacial score (nSPS) is 13.2. The lowest BCUT2D eigenvalue weighted by atomic mass is 10.0. The van der Waals surface area contributed by atoms with E-state index >= 15 is 0 Å². The van der Waals surface area contributed by atoms with E-state index in [9.17, 15) is 31.2 Å². The number of alkyl halides is 3. The third kappa shape index (κ3) is 8.84. The highest BCUT2D eigenvalue weighted by atomic mass is 32.2. The van der Waals surface area contributed by atoms with Crippen LogP contribution in [0.15, 0.2) is 93.9 Å². The number of benzene rings is 2. The summed E-state index contributed by atoms with van der Waals surface area (Å²) in [4.78, 5) is 37.5. The molecule has 2 aromatic carbocycles.